The summed E-state index contributed by atoms with van der Waals surface area (Å²) in [6, 6.07) is 0. The van der Waals surface area contributed by atoms with E-state index < -0.39 is 0 Å². The summed E-state index contributed by atoms with van der Waals surface area (Å²) in [7, 11) is 1.96. The van der Waals surface area contributed by atoms with Gasteiger partial charge in [0.25, 0.3) is 0 Å². The van der Waals surface area contributed by atoms with Crippen LogP contribution >= 0.6 is 0 Å². The van der Waals surface area contributed by atoms with E-state index in [1.807, 2.05) is 11.9 Å². The molecule has 1 rings (SSSR count). The van der Waals surface area contributed by atoms with Crippen molar-refractivity contribution >= 4 is 5.91 Å². The van der Waals surface area contributed by atoms with Crippen LogP contribution in [0.3, 0.4) is 0 Å². The minimum atomic E-state index is 0.279. The largest absolute Gasteiger partial charge is 0.345 e. The predicted molar refractivity (Wildman–Crippen MR) is 80.8 cm³/mol. The van der Waals surface area contributed by atoms with Crippen molar-refractivity contribution < 1.29 is 4.79 Å². The first-order valence-corrected chi connectivity index (χ1v) is 7.97. The lowest BCUT2D eigenvalue weighted by Gasteiger charge is -2.28. The van der Waals surface area contributed by atoms with Gasteiger partial charge < -0.3 is 10.6 Å². The first-order chi connectivity index (χ1) is 9.02. The quantitative estimate of drug-likeness (QED) is 0.771. The number of rotatable bonds is 7. The molecule has 0 saturated heterocycles. The maximum Gasteiger partial charge on any atom is 0.222 e. The van der Waals surface area contributed by atoms with Crippen LogP contribution in [0.4, 0.5) is 0 Å². The molecule has 19 heavy (non-hydrogen) atoms. The van der Waals surface area contributed by atoms with E-state index in [1.54, 1.807) is 0 Å². The fourth-order valence-electron chi connectivity index (χ4n) is 3.19. The summed E-state index contributed by atoms with van der Waals surface area (Å²) in [5.41, 5.74) is 5.78. The molecule has 0 aromatic rings. The highest BCUT2D eigenvalue weighted by molar-refractivity contribution is 5.76. The third kappa shape index (κ3) is 6.42. The summed E-state index contributed by atoms with van der Waals surface area (Å²) in [6.07, 6.45) is 8.32. The van der Waals surface area contributed by atoms with E-state index in [-0.39, 0.29) is 5.91 Å². The van der Waals surface area contributed by atoms with Gasteiger partial charge in [-0.05, 0) is 43.6 Å². The van der Waals surface area contributed by atoms with E-state index in [4.69, 9.17) is 5.73 Å². The van der Waals surface area contributed by atoms with Gasteiger partial charge in [0.1, 0.15) is 0 Å². The molecule has 0 unspecified atom stereocenters. The Kier molecular flexibility index (Phi) is 7.44. The summed E-state index contributed by atoms with van der Waals surface area (Å²) in [5.74, 6) is 1.97. The summed E-state index contributed by atoms with van der Waals surface area (Å²) >= 11 is 0. The predicted octanol–water partition coefficient (Wildman–Crippen LogP) is 3.04. The van der Waals surface area contributed by atoms with E-state index in [2.05, 4.69) is 13.8 Å². The van der Waals surface area contributed by atoms with Gasteiger partial charge in [-0.3, -0.25) is 4.79 Å². The molecule has 0 heterocycles. The summed E-state index contributed by atoms with van der Waals surface area (Å²) in [4.78, 5) is 14.2. The Bertz CT molecular complexity index is 259. The zero-order chi connectivity index (χ0) is 14.3. The van der Waals surface area contributed by atoms with Crippen LogP contribution in [0.1, 0.15) is 58.8 Å². The van der Waals surface area contributed by atoms with Crippen LogP contribution in [0.2, 0.25) is 0 Å². The Labute approximate surface area is 118 Å². The molecule has 112 valence electrons. The Morgan fingerprint density at radius 2 is 1.89 bits per heavy atom. The first-order valence-electron chi connectivity index (χ1n) is 7.97. The fourth-order valence-corrected chi connectivity index (χ4v) is 3.19. The lowest BCUT2D eigenvalue weighted by Crippen LogP contribution is -2.35. The van der Waals surface area contributed by atoms with Crippen molar-refractivity contribution in [2.45, 2.75) is 58.8 Å². The van der Waals surface area contributed by atoms with Crippen molar-refractivity contribution in [3.05, 3.63) is 0 Å². The molecule has 1 amide bonds. The van der Waals surface area contributed by atoms with Crippen LogP contribution in [0, 0.1) is 17.8 Å². The lowest BCUT2D eigenvalue weighted by atomic mass is 9.88. The van der Waals surface area contributed by atoms with Crippen LogP contribution in [-0.2, 0) is 4.79 Å². The Morgan fingerprint density at radius 1 is 1.26 bits per heavy atom. The third-order valence-corrected chi connectivity index (χ3v) is 4.28. The number of hydrogen-bond acceptors (Lipinski definition) is 2. The monoisotopic (exact) mass is 268 g/mol. The smallest absolute Gasteiger partial charge is 0.222 e. The second-order valence-corrected chi connectivity index (χ2v) is 6.71. The second kappa shape index (κ2) is 8.57. The van der Waals surface area contributed by atoms with E-state index in [0.29, 0.717) is 24.8 Å². The van der Waals surface area contributed by atoms with Gasteiger partial charge in [-0.15, -0.1) is 0 Å². The zero-order valence-corrected chi connectivity index (χ0v) is 13.0. The van der Waals surface area contributed by atoms with E-state index in [9.17, 15) is 4.79 Å². The topological polar surface area (TPSA) is 46.3 Å². The molecule has 0 radical (unpaired) electrons. The minimum absolute atomic E-state index is 0.279. The number of amides is 1. The number of nitrogens with two attached hydrogens (primary N) is 1. The molecule has 1 saturated carbocycles. The van der Waals surface area contributed by atoms with Crippen LogP contribution in [0.15, 0.2) is 0 Å². The molecule has 0 spiro atoms. The van der Waals surface area contributed by atoms with Gasteiger partial charge in [0.2, 0.25) is 5.91 Å². The Morgan fingerprint density at radius 3 is 2.42 bits per heavy atom. The highest BCUT2D eigenvalue weighted by atomic mass is 16.2. The summed E-state index contributed by atoms with van der Waals surface area (Å²) in [5, 5.41) is 0. The average molecular weight is 268 g/mol. The van der Waals surface area contributed by atoms with E-state index in [1.165, 1.54) is 32.1 Å². The van der Waals surface area contributed by atoms with Crippen molar-refractivity contribution in [3.8, 4) is 0 Å². The van der Waals surface area contributed by atoms with Gasteiger partial charge in [0.05, 0.1) is 0 Å². The molecule has 1 fully saturated rings. The van der Waals surface area contributed by atoms with Crippen LogP contribution < -0.4 is 5.73 Å². The molecule has 0 aromatic heterocycles. The average Bonchev–Trinajstić information content (AvgIpc) is 2.38. The second-order valence-electron chi connectivity index (χ2n) is 6.71. The number of carbonyl (C=O) groups excluding carboxylic acids is 1. The van der Waals surface area contributed by atoms with E-state index in [0.717, 1.165) is 18.9 Å². The summed E-state index contributed by atoms with van der Waals surface area (Å²) in [6.45, 7) is 5.96. The highest BCUT2D eigenvalue weighted by Crippen LogP contribution is 2.24. The number of nitrogens with zero attached hydrogens (tertiary/aromatic N) is 1. The van der Waals surface area contributed by atoms with Gasteiger partial charge in [0.15, 0.2) is 0 Å². The van der Waals surface area contributed by atoms with Crippen molar-refractivity contribution in [1.82, 2.24) is 4.90 Å². The maximum absolute atomic E-state index is 12.2. The molecule has 0 aromatic carbocycles. The molecule has 3 heteroatoms. The van der Waals surface area contributed by atoms with Crippen LogP contribution in [0.5, 0.6) is 0 Å². The Hall–Kier alpha value is -0.570. The van der Waals surface area contributed by atoms with Crippen molar-refractivity contribution in [1.29, 1.82) is 0 Å². The van der Waals surface area contributed by atoms with E-state index >= 15 is 0 Å². The van der Waals surface area contributed by atoms with Crippen LogP contribution in [-0.4, -0.2) is 30.9 Å². The third-order valence-electron chi connectivity index (χ3n) is 4.28. The molecular weight excluding hydrogens is 236 g/mol. The van der Waals surface area contributed by atoms with Gasteiger partial charge in [-0.2, -0.15) is 0 Å². The van der Waals surface area contributed by atoms with Crippen molar-refractivity contribution in [2.75, 3.05) is 20.1 Å². The summed E-state index contributed by atoms with van der Waals surface area (Å²) < 4.78 is 0. The van der Waals surface area contributed by atoms with Gasteiger partial charge in [-0.25, -0.2) is 0 Å². The van der Waals surface area contributed by atoms with Gasteiger partial charge in [-0.1, -0.05) is 33.1 Å². The fraction of sp³-hybridized carbons (Fsp3) is 0.938. The van der Waals surface area contributed by atoms with Crippen molar-refractivity contribution in [3.63, 3.8) is 0 Å². The normalized spacial score (nSPS) is 18.6. The molecule has 3 nitrogen and oxygen atoms in total. The number of carbonyl (C=O) groups is 1. The Balaban J connectivity index is 2.33. The number of hydrogen-bond donors (Lipinski definition) is 1. The molecule has 1 aliphatic rings. The first kappa shape index (κ1) is 16.5. The minimum Gasteiger partial charge on any atom is -0.345 e. The van der Waals surface area contributed by atoms with Crippen molar-refractivity contribution in [2.24, 2.45) is 23.5 Å². The molecule has 1 atom stereocenters. The molecule has 2 N–H and O–H groups in total. The molecule has 0 aliphatic heterocycles. The molecular formula is C16H32N2O. The van der Waals surface area contributed by atoms with Crippen LogP contribution in [0.25, 0.3) is 0 Å². The molecule has 0 bridgehead atoms. The van der Waals surface area contributed by atoms with Gasteiger partial charge in [0, 0.05) is 20.0 Å². The zero-order valence-electron chi connectivity index (χ0n) is 13.0. The SMILES string of the molecule is CC(C)C[C@H](CN)CC(=O)N(C)CC1CCCCC1. The standard InChI is InChI=1S/C16H32N2O/c1-13(2)9-15(11-17)10-16(19)18(3)12-14-7-5-4-6-8-14/h13-15H,4-12,17H2,1-3H3/t15-/m0/s1. The van der Waals surface area contributed by atoms with Gasteiger partial charge >= 0.3 is 0 Å². The maximum atomic E-state index is 12.2. The highest BCUT2D eigenvalue weighted by Gasteiger charge is 2.20. The lowest BCUT2D eigenvalue weighted by molar-refractivity contribution is -0.131. The molecule has 1 aliphatic carbocycles.